The van der Waals surface area contributed by atoms with Gasteiger partial charge in [-0.2, -0.15) is 5.10 Å². The van der Waals surface area contributed by atoms with Crippen LogP contribution in [0.2, 0.25) is 0 Å². The first kappa shape index (κ1) is 18.0. The van der Waals surface area contributed by atoms with Crippen LogP contribution in [0.4, 0.5) is 0 Å². The lowest BCUT2D eigenvalue weighted by Gasteiger charge is -2.44. The van der Waals surface area contributed by atoms with E-state index in [9.17, 15) is 4.79 Å². The molecule has 0 unspecified atom stereocenters. The molecule has 2 saturated heterocycles. The number of nitrogens with zero attached hydrogens (tertiary/aromatic N) is 2. The molecule has 1 amide bonds. The third-order valence-electron chi connectivity index (χ3n) is 5.94. The van der Waals surface area contributed by atoms with Crippen molar-refractivity contribution >= 4 is 5.91 Å². The van der Waals surface area contributed by atoms with Gasteiger partial charge in [0, 0.05) is 18.2 Å². The van der Waals surface area contributed by atoms with Crippen molar-refractivity contribution in [1.29, 1.82) is 0 Å². The third kappa shape index (κ3) is 4.00. The first-order valence-electron chi connectivity index (χ1n) is 9.96. The van der Waals surface area contributed by atoms with Gasteiger partial charge >= 0.3 is 0 Å². The molecule has 2 aromatic rings. The van der Waals surface area contributed by atoms with E-state index in [-0.39, 0.29) is 5.91 Å². The van der Waals surface area contributed by atoms with Gasteiger partial charge in [0.2, 0.25) is 0 Å². The van der Waals surface area contributed by atoms with Crippen LogP contribution < -0.4 is 10.1 Å². The molecule has 27 heavy (non-hydrogen) atoms. The molecular formula is C21H28N4O2. The first-order valence-corrected chi connectivity index (χ1v) is 9.96. The zero-order chi connectivity index (χ0) is 18.6. The van der Waals surface area contributed by atoms with Gasteiger partial charge in [-0.25, -0.2) is 0 Å². The number of fused-ring (bicyclic) bond motifs is 1. The number of hydrogen-bond acceptors (Lipinski definition) is 4. The fraction of sp³-hybridized carbons (Fsp3) is 0.524. The Kier molecular flexibility index (Phi) is 5.43. The summed E-state index contributed by atoms with van der Waals surface area (Å²) < 4.78 is 5.26. The molecule has 2 aliphatic heterocycles. The minimum Gasteiger partial charge on any atom is -0.497 e. The fourth-order valence-electron chi connectivity index (χ4n) is 4.50. The number of rotatable bonds is 5. The molecule has 1 aromatic carbocycles. The number of benzene rings is 1. The molecule has 144 valence electrons. The van der Waals surface area contributed by atoms with Crippen molar-refractivity contribution in [1.82, 2.24) is 20.4 Å². The topological polar surface area (TPSA) is 70.2 Å². The van der Waals surface area contributed by atoms with Gasteiger partial charge in [0.1, 0.15) is 11.4 Å². The van der Waals surface area contributed by atoms with Crippen molar-refractivity contribution in [3.63, 3.8) is 0 Å². The summed E-state index contributed by atoms with van der Waals surface area (Å²) in [7, 11) is 1.64. The summed E-state index contributed by atoms with van der Waals surface area (Å²) in [5.74, 6) is 1.25. The second-order valence-corrected chi connectivity index (χ2v) is 7.61. The predicted octanol–water partition coefficient (Wildman–Crippen LogP) is 3.08. The lowest BCUT2D eigenvalue weighted by molar-refractivity contribution is 0.0575. The van der Waals surface area contributed by atoms with Crippen LogP contribution in [-0.4, -0.2) is 53.8 Å². The Labute approximate surface area is 160 Å². The Morgan fingerprint density at radius 3 is 3.04 bits per heavy atom. The number of amides is 1. The molecule has 0 radical (unpaired) electrons. The number of hydrogen-bond donors (Lipinski definition) is 2. The third-order valence-corrected chi connectivity index (χ3v) is 5.94. The highest BCUT2D eigenvalue weighted by Crippen LogP contribution is 2.30. The molecule has 2 fully saturated rings. The number of methoxy groups -OCH3 is 1. The van der Waals surface area contributed by atoms with E-state index in [4.69, 9.17) is 4.74 Å². The zero-order valence-corrected chi connectivity index (χ0v) is 15.9. The van der Waals surface area contributed by atoms with Crippen molar-refractivity contribution in [3.05, 3.63) is 36.0 Å². The van der Waals surface area contributed by atoms with E-state index in [2.05, 4.69) is 20.4 Å². The Balaban J connectivity index is 1.38. The monoisotopic (exact) mass is 368 g/mol. The van der Waals surface area contributed by atoms with Crippen LogP contribution in [0.1, 0.15) is 42.6 Å². The predicted molar refractivity (Wildman–Crippen MR) is 105 cm³/mol. The number of piperidine rings is 2. The van der Waals surface area contributed by atoms with Crippen LogP contribution in [0.5, 0.6) is 5.75 Å². The normalized spacial score (nSPS) is 22.9. The quantitative estimate of drug-likeness (QED) is 0.851. The van der Waals surface area contributed by atoms with Crippen LogP contribution in [0.15, 0.2) is 30.3 Å². The lowest BCUT2D eigenvalue weighted by Crippen LogP contribution is -2.51. The first-order chi connectivity index (χ1) is 13.2. The summed E-state index contributed by atoms with van der Waals surface area (Å²) in [6.45, 7) is 3.19. The van der Waals surface area contributed by atoms with Crippen molar-refractivity contribution in [3.8, 4) is 17.0 Å². The molecule has 2 N–H and O–H groups in total. The number of ether oxygens (including phenoxy) is 1. The molecule has 1 aromatic heterocycles. The average molecular weight is 368 g/mol. The minimum atomic E-state index is -0.0791. The Hall–Kier alpha value is -2.34. The number of aromatic amines is 1. The van der Waals surface area contributed by atoms with Gasteiger partial charge < -0.3 is 15.0 Å². The molecule has 4 rings (SSSR count). The molecule has 0 aliphatic carbocycles. The number of nitrogens with one attached hydrogen (secondary N) is 2. The largest absolute Gasteiger partial charge is 0.497 e. The SMILES string of the molecule is COc1cccc(-c2cc(C(=O)NC[C@H]3CCCN4CCCC[C@@H]34)[nH]n2)c1. The van der Waals surface area contributed by atoms with Gasteiger partial charge in [0.25, 0.3) is 5.91 Å². The molecule has 0 saturated carbocycles. The highest BCUT2D eigenvalue weighted by Gasteiger charge is 2.33. The molecule has 6 nitrogen and oxygen atoms in total. The fourth-order valence-corrected chi connectivity index (χ4v) is 4.50. The van der Waals surface area contributed by atoms with E-state index in [0.717, 1.165) is 23.6 Å². The van der Waals surface area contributed by atoms with Crippen LogP contribution in [0, 0.1) is 5.92 Å². The number of aromatic nitrogens is 2. The van der Waals surface area contributed by atoms with E-state index >= 15 is 0 Å². The Bertz CT molecular complexity index is 786. The summed E-state index contributed by atoms with van der Waals surface area (Å²) in [6.07, 6.45) is 6.35. The summed E-state index contributed by atoms with van der Waals surface area (Å²) in [5.41, 5.74) is 2.18. The Morgan fingerprint density at radius 2 is 2.15 bits per heavy atom. The van der Waals surface area contributed by atoms with E-state index in [0.29, 0.717) is 17.7 Å². The highest BCUT2D eigenvalue weighted by atomic mass is 16.5. The molecular weight excluding hydrogens is 340 g/mol. The van der Waals surface area contributed by atoms with Gasteiger partial charge in [-0.15, -0.1) is 0 Å². The number of carbonyl (C=O) groups is 1. The van der Waals surface area contributed by atoms with E-state index in [1.165, 1.54) is 45.2 Å². The maximum absolute atomic E-state index is 12.6. The molecule has 2 aliphatic rings. The molecule has 2 atom stereocenters. The smallest absolute Gasteiger partial charge is 0.269 e. The maximum atomic E-state index is 12.6. The second-order valence-electron chi connectivity index (χ2n) is 7.61. The van der Waals surface area contributed by atoms with Crippen molar-refractivity contribution < 1.29 is 9.53 Å². The standard InChI is InChI=1S/C21H28N4O2/c1-27-17-8-4-6-15(12-17)18-13-19(24-23-18)21(26)22-14-16-7-5-11-25-10-3-2-9-20(16)25/h4,6,8,12-13,16,20H,2-3,5,7,9-11,14H2,1H3,(H,22,26)(H,23,24)/t16-,20+/m1/s1. The lowest BCUT2D eigenvalue weighted by atomic mass is 9.83. The maximum Gasteiger partial charge on any atom is 0.269 e. The van der Waals surface area contributed by atoms with E-state index in [1.807, 2.05) is 24.3 Å². The van der Waals surface area contributed by atoms with Gasteiger partial charge in [0.05, 0.1) is 12.8 Å². The van der Waals surface area contributed by atoms with Crippen LogP contribution in [0.25, 0.3) is 11.3 Å². The van der Waals surface area contributed by atoms with Crippen LogP contribution in [0.3, 0.4) is 0 Å². The number of carbonyl (C=O) groups excluding carboxylic acids is 1. The van der Waals surface area contributed by atoms with Crippen LogP contribution >= 0.6 is 0 Å². The van der Waals surface area contributed by atoms with Crippen molar-refractivity contribution in [2.45, 2.75) is 38.1 Å². The second kappa shape index (κ2) is 8.13. The number of H-pyrrole nitrogens is 1. The van der Waals surface area contributed by atoms with Crippen molar-refractivity contribution in [2.24, 2.45) is 5.92 Å². The summed E-state index contributed by atoms with van der Waals surface area (Å²) >= 11 is 0. The molecule has 6 heteroatoms. The molecule has 3 heterocycles. The highest BCUT2D eigenvalue weighted by molar-refractivity contribution is 5.93. The van der Waals surface area contributed by atoms with Gasteiger partial charge in [0.15, 0.2) is 0 Å². The van der Waals surface area contributed by atoms with E-state index < -0.39 is 0 Å². The van der Waals surface area contributed by atoms with Gasteiger partial charge in [-0.05, 0) is 62.9 Å². The summed E-state index contributed by atoms with van der Waals surface area (Å²) in [4.78, 5) is 15.2. The van der Waals surface area contributed by atoms with Crippen LogP contribution in [-0.2, 0) is 0 Å². The molecule has 0 spiro atoms. The van der Waals surface area contributed by atoms with Crippen molar-refractivity contribution in [2.75, 3.05) is 26.7 Å². The van der Waals surface area contributed by atoms with E-state index in [1.54, 1.807) is 13.2 Å². The average Bonchev–Trinajstić information content (AvgIpc) is 3.22. The Morgan fingerprint density at radius 1 is 1.26 bits per heavy atom. The van der Waals surface area contributed by atoms with Gasteiger partial charge in [-0.1, -0.05) is 18.6 Å². The summed E-state index contributed by atoms with van der Waals surface area (Å²) in [5, 5.41) is 10.3. The summed E-state index contributed by atoms with van der Waals surface area (Å²) in [6, 6.07) is 10.1. The van der Waals surface area contributed by atoms with Gasteiger partial charge in [-0.3, -0.25) is 9.89 Å². The minimum absolute atomic E-state index is 0.0791. The molecule has 0 bridgehead atoms. The zero-order valence-electron chi connectivity index (χ0n) is 15.9.